The van der Waals surface area contributed by atoms with Crippen LogP contribution >= 0.6 is 15.9 Å². The quantitative estimate of drug-likeness (QED) is 0.882. The lowest BCUT2D eigenvalue weighted by Gasteiger charge is -2.28. The van der Waals surface area contributed by atoms with Crippen LogP contribution in [0.2, 0.25) is 0 Å². The lowest BCUT2D eigenvalue weighted by Crippen LogP contribution is -2.45. The average molecular weight is 312 g/mol. The molecule has 3 nitrogen and oxygen atoms in total. The van der Waals surface area contributed by atoms with E-state index in [2.05, 4.69) is 21.2 Å². The van der Waals surface area contributed by atoms with E-state index in [1.54, 1.807) is 0 Å². The number of hydrogen-bond acceptors (Lipinski definition) is 2. The van der Waals surface area contributed by atoms with Crippen LogP contribution in [0.25, 0.3) is 0 Å². The maximum absolute atomic E-state index is 12.2. The zero-order valence-electron chi connectivity index (χ0n) is 10.4. The fourth-order valence-corrected chi connectivity index (χ4v) is 2.77. The van der Waals surface area contributed by atoms with Gasteiger partial charge in [0.05, 0.1) is 17.7 Å². The zero-order valence-corrected chi connectivity index (χ0v) is 12.0. The van der Waals surface area contributed by atoms with Crippen molar-refractivity contribution >= 4 is 21.8 Å². The highest BCUT2D eigenvalue weighted by Gasteiger charge is 2.25. The molecule has 1 aliphatic rings. The number of carbonyl (C=O) groups is 1. The van der Waals surface area contributed by atoms with Crippen molar-refractivity contribution in [2.75, 3.05) is 0 Å². The zero-order chi connectivity index (χ0) is 13.1. The first kappa shape index (κ1) is 13.6. The summed E-state index contributed by atoms with van der Waals surface area (Å²) in [5, 5.41) is 12.8. The minimum atomic E-state index is -0.411. The van der Waals surface area contributed by atoms with Gasteiger partial charge in [-0.05, 0) is 47.8 Å². The normalized spacial score (nSPS) is 23.7. The van der Waals surface area contributed by atoms with Crippen LogP contribution < -0.4 is 5.32 Å². The predicted octanol–water partition coefficient (Wildman–Crippen LogP) is 2.79. The highest BCUT2D eigenvalue weighted by molar-refractivity contribution is 9.10. The average Bonchev–Trinajstić information content (AvgIpc) is 2.35. The van der Waals surface area contributed by atoms with Crippen molar-refractivity contribution in [2.24, 2.45) is 0 Å². The Hall–Kier alpha value is -0.870. The van der Waals surface area contributed by atoms with Crippen LogP contribution in [0.1, 0.15) is 41.6 Å². The summed E-state index contributed by atoms with van der Waals surface area (Å²) < 4.78 is 0.788. The Labute approximate surface area is 116 Å². The number of nitrogens with one attached hydrogen (secondary N) is 1. The van der Waals surface area contributed by atoms with Crippen LogP contribution in [-0.2, 0) is 0 Å². The summed E-state index contributed by atoms with van der Waals surface area (Å²) in [4.78, 5) is 12.2. The molecule has 2 N–H and O–H groups in total. The van der Waals surface area contributed by atoms with Gasteiger partial charge in [0, 0.05) is 4.47 Å². The minimum Gasteiger partial charge on any atom is -0.391 e. The molecule has 0 heterocycles. The van der Waals surface area contributed by atoms with Gasteiger partial charge in [-0.2, -0.15) is 0 Å². The van der Waals surface area contributed by atoms with Crippen LogP contribution in [0, 0.1) is 6.92 Å². The Kier molecular flexibility index (Phi) is 4.40. The largest absolute Gasteiger partial charge is 0.391 e. The van der Waals surface area contributed by atoms with Crippen molar-refractivity contribution in [3.63, 3.8) is 0 Å². The number of hydrogen-bond donors (Lipinski definition) is 2. The Bertz CT molecular complexity index is 447. The molecule has 18 heavy (non-hydrogen) atoms. The van der Waals surface area contributed by atoms with Crippen molar-refractivity contribution in [1.82, 2.24) is 5.32 Å². The number of rotatable bonds is 2. The first-order valence-corrected chi connectivity index (χ1v) is 7.12. The van der Waals surface area contributed by atoms with E-state index in [0.717, 1.165) is 35.7 Å². The number of halogens is 1. The van der Waals surface area contributed by atoms with Gasteiger partial charge in [-0.25, -0.2) is 0 Å². The van der Waals surface area contributed by atoms with E-state index < -0.39 is 6.10 Å². The van der Waals surface area contributed by atoms with Gasteiger partial charge in [0.25, 0.3) is 5.91 Å². The molecular weight excluding hydrogens is 294 g/mol. The Balaban J connectivity index is 2.09. The molecule has 0 aromatic heterocycles. The van der Waals surface area contributed by atoms with E-state index in [9.17, 15) is 9.90 Å². The summed E-state index contributed by atoms with van der Waals surface area (Å²) >= 11 is 3.39. The predicted molar refractivity (Wildman–Crippen MR) is 74.6 cm³/mol. The van der Waals surface area contributed by atoms with Gasteiger partial charge in [-0.1, -0.05) is 24.5 Å². The van der Waals surface area contributed by atoms with Gasteiger partial charge in [0.15, 0.2) is 0 Å². The summed E-state index contributed by atoms with van der Waals surface area (Å²) in [6.45, 7) is 1.96. The van der Waals surface area contributed by atoms with Crippen LogP contribution in [0.5, 0.6) is 0 Å². The molecule has 0 bridgehead atoms. The number of aliphatic hydroxyl groups is 1. The maximum atomic E-state index is 12.2. The van der Waals surface area contributed by atoms with Crippen LogP contribution in [0.4, 0.5) is 0 Å². The Morgan fingerprint density at radius 3 is 2.83 bits per heavy atom. The monoisotopic (exact) mass is 311 g/mol. The Morgan fingerprint density at radius 2 is 2.11 bits per heavy atom. The van der Waals surface area contributed by atoms with Gasteiger partial charge in [-0.15, -0.1) is 0 Å². The molecule has 0 saturated heterocycles. The van der Waals surface area contributed by atoms with Crippen LogP contribution in [0.15, 0.2) is 22.7 Å². The first-order chi connectivity index (χ1) is 8.58. The highest BCUT2D eigenvalue weighted by atomic mass is 79.9. The third kappa shape index (κ3) is 3.12. The van der Waals surface area contributed by atoms with Gasteiger partial charge < -0.3 is 10.4 Å². The number of amides is 1. The fourth-order valence-electron chi connectivity index (χ4n) is 2.34. The van der Waals surface area contributed by atoms with E-state index in [4.69, 9.17) is 0 Å². The van der Waals surface area contributed by atoms with Crippen LogP contribution in [-0.4, -0.2) is 23.2 Å². The first-order valence-electron chi connectivity index (χ1n) is 6.33. The summed E-state index contributed by atoms with van der Waals surface area (Å²) in [6.07, 6.45) is 3.33. The topological polar surface area (TPSA) is 49.3 Å². The Morgan fingerprint density at radius 1 is 1.39 bits per heavy atom. The molecule has 0 aliphatic heterocycles. The van der Waals surface area contributed by atoms with Gasteiger partial charge in [0.2, 0.25) is 0 Å². The molecule has 4 heteroatoms. The van der Waals surface area contributed by atoms with Gasteiger partial charge in [-0.3, -0.25) is 4.79 Å². The van der Waals surface area contributed by atoms with Crippen molar-refractivity contribution in [2.45, 2.75) is 44.8 Å². The number of aliphatic hydroxyl groups excluding tert-OH is 1. The number of aryl methyl sites for hydroxylation is 1. The number of benzene rings is 1. The second kappa shape index (κ2) is 5.85. The summed E-state index contributed by atoms with van der Waals surface area (Å²) in [7, 11) is 0. The molecule has 0 unspecified atom stereocenters. The van der Waals surface area contributed by atoms with Gasteiger partial charge >= 0.3 is 0 Å². The molecule has 0 spiro atoms. The van der Waals surface area contributed by atoms with Crippen molar-refractivity contribution < 1.29 is 9.90 Å². The third-order valence-electron chi connectivity index (χ3n) is 3.41. The lowest BCUT2D eigenvalue weighted by atomic mass is 9.92. The highest BCUT2D eigenvalue weighted by Crippen LogP contribution is 2.21. The molecule has 2 rings (SSSR count). The molecule has 1 fully saturated rings. The van der Waals surface area contributed by atoms with Crippen molar-refractivity contribution in [3.05, 3.63) is 33.8 Å². The second-order valence-corrected chi connectivity index (χ2v) is 5.77. The van der Waals surface area contributed by atoms with E-state index >= 15 is 0 Å². The van der Waals surface area contributed by atoms with E-state index in [-0.39, 0.29) is 11.9 Å². The summed E-state index contributed by atoms with van der Waals surface area (Å²) in [6, 6.07) is 5.57. The maximum Gasteiger partial charge on any atom is 0.252 e. The lowest BCUT2D eigenvalue weighted by molar-refractivity contribution is 0.0716. The van der Waals surface area contributed by atoms with Crippen molar-refractivity contribution in [1.29, 1.82) is 0 Å². The second-order valence-electron chi connectivity index (χ2n) is 4.92. The minimum absolute atomic E-state index is 0.112. The van der Waals surface area contributed by atoms with E-state index in [1.807, 2.05) is 25.1 Å². The van der Waals surface area contributed by atoms with E-state index in [0.29, 0.717) is 5.56 Å². The summed E-state index contributed by atoms with van der Waals surface area (Å²) in [5.41, 5.74) is 1.68. The third-order valence-corrected chi connectivity index (χ3v) is 4.10. The SMILES string of the molecule is Cc1ccc(Br)c(C(=O)N[C@H]2CCCC[C@@H]2O)c1. The number of carbonyl (C=O) groups excluding carboxylic acids is 1. The van der Waals surface area contributed by atoms with Crippen LogP contribution in [0.3, 0.4) is 0 Å². The smallest absolute Gasteiger partial charge is 0.252 e. The van der Waals surface area contributed by atoms with E-state index in [1.165, 1.54) is 0 Å². The molecule has 98 valence electrons. The fraction of sp³-hybridized carbons (Fsp3) is 0.500. The standard InChI is InChI=1S/C14H18BrNO2/c1-9-6-7-11(15)10(8-9)14(18)16-12-4-2-3-5-13(12)17/h6-8,12-13,17H,2-5H2,1H3,(H,16,18)/t12-,13-/m0/s1. The van der Waals surface area contributed by atoms with Gasteiger partial charge in [0.1, 0.15) is 0 Å². The molecule has 0 radical (unpaired) electrons. The molecule has 1 amide bonds. The van der Waals surface area contributed by atoms with Crippen molar-refractivity contribution in [3.8, 4) is 0 Å². The molecule has 1 aliphatic carbocycles. The summed E-state index contributed by atoms with van der Waals surface area (Å²) in [5.74, 6) is -0.114. The molecule has 1 aromatic carbocycles. The molecular formula is C14H18BrNO2. The molecule has 1 saturated carbocycles. The molecule has 2 atom stereocenters. The molecule has 1 aromatic rings.